The fraction of sp³-hybridized carbons (Fsp3) is 0.0370. The molecule has 2 aromatic carbocycles. The maximum absolute atomic E-state index is 14.9. The van der Waals surface area contributed by atoms with Crippen molar-refractivity contribution in [3.63, 3.8) is 0 Å². The predicted molar refractivity (Wildman–Crippen MR) is 144 cm³/mol. The average Bonchev–Trinajstić information content (AvgIpc) is 2.90. The number of urea groups is 1. The van der Waals surface area contributed by atoms with E-state index in [0.29, 0.717) is 33.5 Å². The molecule has 5 aromatic rings. The smallest absolute Gasteiger partial charge is 0.323 e. The van der Waals surface area contributed by atoms with E-state index in [-0.39, 0.29) is 28.8 Å². The summed E-state index contributed by atoms with van der Waals surface area (Å²) in [5, 5.41) is 7.65. The second kappa shape index (κ2) is 10.5. The molecular weight excluding hydrogens is 506 g/mol. The first kappa shape index (κ1) is 25.1. The molecule has 0 bridgehead atoms. The number of carbonyl (C=O) groups excluding carboxylic acids is 2. The minimum Gasteiger partial charge on any atom is -0.382 e. The van der Waals surface area contributed by atoms with Crippen molar-refractivity contribution in [3.8, 4) is 22.5 Å². The fourth-order valence-corrected chi connectivity index (χ4v) is 3.80. The van der Waals surface area contributed by atoms with Gasteiger partial charge in [0.25, 0.3) is 0 Å². The number of hydrogen-bond donors (Lipinski definition) is 4. The van der Waals surface area contributed by atoms with Gasteiger partial charge in [0, 0.05) is 47.4 Å². The van der Waals surface area contributed by atoms with Gasteiger partial charge in [-0.3, -0.25) is 9.78 Å². The number of benzene rings is 2. The van der Waals surface area contributed by atoms with Crippen molar-refractivity contribution in [1.29, 1.82) is 0 Å². The highest BCUT2D eigenvalue weighted by atomic mass is 19.1. The van der Waals surface area contributed by atoms with Crippen LogP contribution in [0.15, 0.2) is 73.1 Å². The molecule has 12 heteroatoms. The Morgan fingerprint density at radius 3 is 2.28 bits per heavy atom. The molecule has 0 saturated carbocycles. The second-order valence-electron chi connectivity index (χ2n) is 8.40. The number of nitrogens with zero attached hydrogens (tertiary/aromatic N) is 4. The van der Waals surface area contributed by atoms with Crippen LogP contribution in [0.25, 0.3) is 33.5 Å². The summed E-state index contributed by atoms with van der Waals surface area (Å²) in [5.41, 5.74) is 8.66. The number of hydrogen-bond acceptors (Lipinski definition) is 7. The number of carbonyl (C=O) groups is 2. The first-order valence-corrected chi connectivity index (χ1v) is 11.6. The maximum atomic E-state index is 14.9. The number of nitrogens with one attached hydrogen (secondary N) is 3. The summed E-state index contributed by atoms with van der Waals surface area (Å²) in [6.07, 6.45) is 2.79. The summed E-state index contributed by atoms with van der Waals surface area (Å²) in [6, 6.07) is 14.6. The van der Waals surface area contributed by atoms with E-state index in [2.05, 4.69) is 35.9 Å². The molecule has 0 unspecified atom stereocenters. The van der Waals surface area contributed by atoms with Gasteiger partial charge in [0.15, 0.2) is 11.6 Å². The molecule has 0 aliphatic rings. The van der Waals surface area contributed by atoms with Crippen LogP contribution in [0.3, 0.4) is 0 Å². The van der Waals surface area contributed by atoms with Gasteiger partial charge in [-0.25, -0.2) is 24.1 Å². The van der Waals surface area contributed by atoms with Crippen LogP contribution in [0, 0.1) is 11.8 Å². The lowest BCUT2D eigenvalue weighted by molar-refractivity contribution is -0.114. The number of nitrogens with two attached hydrogens (primary N) is 1. The van der Waals surface area contributed by atoms with Gasteiger partial charge >= 0.3 is 6.03 Å². The van der Waals surface area contributed by atoms with Crippen LogP contribution in [-0.2, 0) is 4.79 Å². The Kier molecular flexibility index (Phi) is 6.74. The molecule has 39 heavy (non-hydrogen) atoms. The van der Waals surface area contributed by atoms with E-state index < -0.39 is 17.8 Å². The van der Waals surface area contributed by atoms with Crippen molar-refractivity contribution in [2.45, 2.75) is 6.92 Å². The molecule has 10 nitrogen and oxygen atoms in total. The third kappa shape index (κ3) is 5.59. The molecule has 5 N–H and O–H groups in total. The SMILES string of the molecule is CC(=O)Nc1ccc(NC(=O)Nc2ccc(-c3nc(N)c4ncc(-c5cccnc5F)cc4n3)cc2F)cc1. The van der Waals surface area contributed by atoms with Crippen LogP contribution in [0.2, 0.25) is 0 Å². The topological polar surface area (TPSA) is 148 Å². The van der Waals surface area contributed by atoms with E-state index in [0.717, 1.165) is 6.07 Å². The molecule has 3 amide bonds. The molecule has 5 rings (SSSR count). The van der Waals surface area contributed by atoms with Crippen molar-refractivity contribution < 1.29 is 18.4 Å². The average molecular weight is 527 g/mol. The molecule has 0 spiro atoms. The molecular formula is C27H20F2N8O2. The van der Waals surface area contributed by atoms with Gasteiger partial charge in [-0.2, -0.15) is 4.39 Å². The standard InChI is InChI=1S/C27H20F2N8O2/c1-14(38)33-17-5-7-18(8-6-17)34-27(39)36-21-9-4-15(11-20(21)28)26-35-22-12-16(13-32-23(22)25(30)37-26)19-3-2-10-31-24(19)29/h2-13H,1H3,(H,33,38)(H2,30,35,37)(H2,34,36,39). The number of halogens is 2. The van der Waals surface area contributed by atoms with E-state index in [1.54, 1.807) is 42.5 Å². The number of aromatic nitrogens is 4. The lowest BCUT2D eigenvalue weighted by atomic mass is 10.1. The third-order valence-corrected chi connectivity index (χ3v) is 5.57. The molecule has 194 valence electrons. The molecule has 0 fully saturated rings. The second-order valence-corrected chi connectivity index (χ2v) is 8.40. The molecule has 3 heterocycles. The monoisotopic (exact) mass is 526 g/mol. The summed E-state index contributed by atoms with van der Waals surface area (Å²) in [6.45, 7) is 1.39. The van der Waals surface area contributed by atoms with Crippen molar-refractivity contribution in [2.24, 2.45) is 0 Å². The fourth-order valence-electron chi connectivity index (χ4n) is 3.80. The van der Waals surface area contributed by atoms with E-state index in [1.165, 1.54) is 31.5 Å². The number of rotatable bonds is 5. The van der Waals surface area contributed by atoms with Gasteiger partial charge in [0.05, 0.1) is 11.2 Å². The Hall–Kier alpha value is -5.52. The maximum Gasteiger partial charge on any atom is 0.323 e. The van der Waals surface area contributed by atoms with E-state index in [4.69, 9.17) is 5.73 Å². The quantitative estimate of drug-likeness (QED) is 0.230. The largest absolute Gasteiger partial charge is 0.382 e. The first-order valence-electron chi connectivity index (χ1n) is 11.6. The molecule has 0 radical (unpaired) electrons. The normalized spacial score (nSPS) is 10.7. The van der Waals surface area contributed by atoms with Gasteiger partial charge in [-0.15, -0.1) is 0 Å². The zero-order valence-electron chi connectivity index (χ0n) is 20.4. The van der Waals surface area contributed by atoms with Crippen LogP contribution in [0.1, 0.15) is 6.92 Å². The number of anilines is 4. The highest BCUT2D eigenvalue weighted by molar-refractivity contribution is 6.00. The van der Waals surface area contributed by atoms with Crippen LogP contribution < -0.4 is 21.7 Å². The molecule has 0 aliphatic heterocycles. The Bertz CT molecular complexity index is 1730. The van der Waals surface area contributed by atoms with Crippen molar-refractivity contribution in [3.05, 3.63) is 84.8 Å². The van der Waals surface area contributed by atoms with Crippen molar-refractivity contribution >= 4 is 45.9 Å². The lowest BCUT2D eigenvalue weighted by Gasteiger charge is -2.11. The highest BCUT2D eigenvalue weighted by Gasteiger charge is 2.15. The Morgan fingerprint density at radius 2 is 1.59 bits per heavy atom. The molecule has 0 saturated heterocycles. The minimum atomic E-state index is -0.727. The first-order chi connectivity index (χ1) is 18.8. The summed E-state index contributed by atoms with van der Waals surface area (Å²) in [5.74, 6) is -1.41. The summed E-state index contributed by atoms with van der Waals surface area (Å²) >= 11 is 0. The van der Waals surface area contributed by atoms with E-state index >= 15 is 0 Å². The Morgan fingerprint density at radius 1 is 0.846 bits per heavy atom. The van der Waals surface area contributed by atoms with Crippen LogP contribution in [0.4, 0.5) is 36.5 Å². The Balaban J connectivity index is 1.35. The number of amides is 3. The zero-order valence-corrected chi connectivity index (χ0v) is 20.4. The molecule has 3 aromatic heterocycles. The van der Waals surface area contributed by atoms with Crippen LogP contribution in [0.5, 0.6) is 0 Å². The summed E-state index contributed by atoms with van der Waals surface area (Å²) in [7, 11) is 0. The third-order valence-electron chi connectivity index (χ3n) is 5.57. The zero-order chi connectivity index (χ0) is 27.5. The van der Waals surface area contributed by atoms with Crippen molar-refractivity contribution in [2.75, 3.05) is 21.7 Å². The van der Waals surface area contributed by atoms with Crippen LogP contribution >= 0.6 is 0 Å². The molecule has 0 atom stereocenters. The van der Waals surface area contributed by atoms with E-state index in [1.807, 2.05) is 0 Å². The minimum absolute atomic E-state index is 0.0692. The highest BCUT2D eigenvalue weighted by Crippen LogP contribution is 2.28. The predicted octanol–water partition coefficient (Wildman–Crippen LogP) is 5.22. The van der Waals surface area contributed by atoms with Crippen molar-refractivity contribution in [1.82, 2.24) is 19.9 Å². The number of fused-ring (bicyclic) bond motifs is 1. The van der Waals surface area contributed by atoms with Gasteiger partial charge < -0.3 is 21.7 Å². The van der Waals surface area contributed by atoms with Gasteiger partial charge in [-0.1, -0.05) is 0 Å². The van der Waals surface area contributed by atoms with Gasteiger partial charge in [-0.05, 0) is 60.7 Å². The lowest BCUT2D eigenvalue weighted by Crippen LogP contribution is -2.20. The molecule has 0 aliphatic carbocycles. The Labute approximate surface area is 220 Å². The van der Waals surface area contributed by atoms with Gasteiger partial charge in [0.1, 0.15) is 11.3 Å². The number of pyridine rings is 2. The van der Waals surface area contributed by atoms with Gasteiger partial charge in [0.2, 0.25) is 11.9 Å². The summed E-state index contributed by atoms with van der Waals surface area (Å²) < 4.78 is 29.1. The van der Waals surface area contributed by atoms with E-state index in [9.17, 15) is 18.4 Å². The van der Waals surface area contributed by atoms with Crippen LogP contribution in [-0.4, -0.2) is 31.9 Å². The summed E-state index contributed by atoms with van der Waals surface area (Å²) in [4.78, 5) is 40.1. The number of nitrogen functional groups attached to an aromatic ring is 1.